The summed E-state index contributed by atoms with van der Waals surface area (Å²) in [6.07, 6.45) is 0. The maximum absolute atomic E-state index is 13.7. The Morgan fingerprint density at radius 2 is 1.70 bits per heavy atom. The number of rotatable bonds is 4. The molecule has 2 aromatic rings. The van der Waals surface area contributed by atoms with Crippen molar-refractivity contribution in [2.24, 2.45) is 5.73 Å². The second-order valence-corrected chi connectivity index (χ2v) is 4.47. The summed E-state index contributed by atoms with van der Waals surface area (Å²) in [6.45, 7) is -0.226. The van der Waals surface area contributed by atoms with Crippen LogP contribution in [0.4, 0.5) is 13.2 Å². The van der Waals surface area contributed by atoms with E-state index in [0.717, 1.165) is 12.1 Å². The molecule has 2 N–H and O–H groups in total. The van der Waals surface area contributed by atoms with Gasteiger partial charge in [-0.25, -0.2) is 13.2 Å². The lowest BCUT2D eigenvalue weighted by Gasteiger charge is -2.11. The molecule has 6 heteroatoms. The molecule has 0 unspecified atom stereocenters. The van der Waals surface area contributed by atoms with Crippen molar-refractivity contribution in [1.29, 1.82) is 0 Å². The molecule has 0 aliphatic carbocycles. The van der Waals surface area contributed by atoms with Gasteiger partial charge in [-0.15, -0.1) is 0 Å². The number of hydrogen-bond acceptors (Lipinski definition) is 2. The standard InChI is InChI=1S/C14H11ClF3NO/c15-13-9(2-1-3-10(13)16)7-20-14-11(17)4-8(6-19)5-12(14)18/h1-5H,6-7,19H2. The fourth-order valence-corrected chi connectivity index (χ4v) is 1.86. The van der Waals surface area contributed by atoms with Crippen molar-refractivity contribution in [2.45, 2.75) is 13.2 Å². The van der Waals surface area contributed by atoms with Crippen molar-refractivity contribution in [3.05, 3.63) is 63.9 Å². The molecule has 0 bridgehead atoms. The van der Waals surface area contributed by atoms with Crippen LogP contribution in [-0.4, -0.2) is 0 Å². The summed E-state index contributed by atoms with van der Waals surface area (Å²) >= 11 is 5.73. The Kier molecular flexibility index (Phi) is 4.52. The quantitative estimate of drug-likeness (QED) is 0.932. The Labute approximate surface area is 118 Å². The summed E-state index contributed by atoms with van der Waals surface area (Å²) < 4.78 is 45.6. The average Bonchev–Trinajstić information content (AvgIpc) is 2.42. The normalized spacial score (nSPS) is 10.7. The highest BCUT2D eigenvalue weighted by molar-refractivity contribution is 6.31. The maximum Gasteiger partial charge on any atom is 0.191 e. The van der Waals surface area contributed by atoms with E-state index < -0.39 is 23.2 Å². The minimum Gasteiger partial charge on any atom is -0.483 e. The highest BCUT2D eigenvalue weighted by atomic mass is 35.5. The molecule has 2 nitrogen and oxygen atoms in total. The van der Waals surface area contributed by atoms with E-state index in [1.54, 1.807) is 0 Å². The van der Waals surface area contributed by atoms with E-state index >= 15 is 0 Å². The molecule has 0 fully saturated rings. The van der Waals surface area contributed by atoms with Crippen LogP contribution in [-0.2, 0) is 13.2 Å². The average molecular weight is 302 g/mol. The van der Waals surface area contributed by atoms with Gasteiger partial charge in [0.25, 0.3) is 0 Å². The lowest BCUT2D eigenvalue weighted by atomic mass is 10.2. The zero-order chi connectivity index (χ0) is 14.7. The van der Waals surface area contributed by atoms with Gasteiger partial charge in [0, 0.05) is 12.1 Å². The molecule has 106 valence electrons. The smallest absolute Gasteiger partial charge is 0.191 e. The van der Waals surface area contributed by atoms with Crippen molar-refractivity contribution in [2.75, 3.05) is 0 Å². The SMILES string of the molecule is NCc1cc(F)c(OCc2cccc(F)c2Cl)c(F)c1. The molecular weight excluding hydrogens is 291 g/mol. The summed E-state index contributed by atoms with van der Waals surface area (Å²) in [6, 6.07) is 6.31. The van der Waals surface area contributed by atoms with Gasteiger partial charge in [0.05, 0.1) is 5.02 Å². The number of halogens is 4. The summed E-state index contributed by atoms with van der Waals surface area (Å²) in [7, 11) is 0. The second kappa shape index (κ2) is 6.15. The minimum absolute atomic E-state index is 0.0177. The van der Waals surface area contributed by atoms with E-state index in [4.69, 9.17) is 22.1 Å². The molecule has 0 spiro atoms. The van der Waals surface area contributed by atoms with Crippen LogP contribution in [0.15, 0.2) is 30.3 Å². The highest BCUT2D eigenvalue weighted by Crippen LogP contribution is 2.26. The summed E-state index contributed by atoms with van der Waals surface area (Å²) in [5, 5.41) is -0.133. The third-order valence-electron chi connectivity index (χ3n) is 2.70. The molecule has 0 saturated heterocycles. The minimum atomic E-state index is -0.863. The van der Waals surface area contributed by atoms with Crippen molar-refractivity contribution in [3.63, 3.8) is 0 Å². The Morgan fingerprint density at radius 3 is 2.30 bits per heavy atom. The van der Waals surface area contributed by atoms with Crippen LogP contribution in [0.5, 0.6) is 5.75 Å². The van der Waals surface area contributed by atoms with Crippen LogP contribution in [0.3, 0.4) is 0 Å². The molecule has 0 aliphatic rings. The van der Waals surface area contributed by atoms with Crippen LogP contribution in [0.2, 0.25) is 5.02 Å². The van der Waals surface area contributed by atoms with Crippen molar-refractivity contribution >= 4 is 11.6 Å². The zero-order valence-corrected chi connectivity index (χ0v) is 11.1. The Bertz CT molecular complexity index is 611. The van der Waals surface area contributed by atoms with Crippen molar-refractivity contribution in [3.8, 4) is 5.75 Å². The molecule has 0 amide bonds. The van der Waals surface area contributed by atoms with Crippen molar-refractivity contribution in [1.82, 2.24) is 0 Å². The van der Waals surface area contributed by atoms with Crippen LogP contribution in [0.1, 0.15) is 11.1 Å². The first-order valence-corrected chi connectivity index (χ1v) is 6.14. The van der Waals surface area contributed by atoms with Gasteiger partial charge in [-0.05, 0) is 23.8 Å². The molecule has 0 saturated carbocycles. The molecule has 0 radical (unpaired) electrons. The van der Waals surface area contributed by atoms with E-state index in [2.05, 4.69) is 0 Å². The summed E-state index contributed by atoms with van der Waals surface area (Å²) in [4.78, 5) is 0. The van der Waals surface area contributed by atoms with E-state index in [0.29, 0.717) is 11.1 Å². The van der Waals surface area contributed by atoms with Gasteiger partial charge in [0.15, 0.2) is 17.4 Å². The lowest BCUT2D eigenvalue weighted by molar-refractivity contribution is 0.273. The van der Waals surface area contributed by atoms with E-state index in [1.807, 2.05) is 0 Å². The zero-order valence-electron chi connectivity index (χ0n) is 10.3. The Hall–Kier alpha value is -1.72. The number of ether oxygens (including phenoxy) is 1. The van der Waals surface area contributed by atoms with E-state index in [1.165, 1.54) is 18.2 Å². The number of nitrogens with two attached hydrogens (primary N) is 1. The molecule has 2 aromatic carbocycles. The molecule has 0 aromatic heterocycles. The third kappa shape index (κ3) is 3.05. The molecule has 0 atom stereocenters. The molecule has 2 rings (SSSR count). The summed E-state index contributed by atoms with van der Waals surface area (Å²) in [5.41, 5.74) is 5.92. The van der Waals surface area contributed by atoms with Gasteiger partial charge >= 0.3 is 0 Å². The second-order valence-electron chi connectivity index (χ2n) is 4.09. The van der Waals surface area contributed by atoms with Crippen LogP contribution in [0.25, 0.3) is 0 Å². The molecule has 0 aliphatic heterocycles. The van der Waals surface area contributed by atoms with Gasteiger partial charge < -0.3 is 10.5 Å². The Morgan fingerprint density at radius 1 is 1.05 bits per heavy atom. The first-order valence-electron chi connectivity index (χ1n) is 5.76. The van der Waals surface area contributed by atoms with Crippen LogP contribution >= 0.6 is 11.6 Å². The van der Waals surface area contributed by atoms with Gasteiger partial charge in [-0.3, -0.25) is 0 Å². The lowest BCUT2D eigenvalue weighted by Crippen LogP contribution is -2.04. The molecule has 20 heavy (non-hydrogen) atoms. The summed E-state index contributed by atoms with van der Waals surface area (Å²) in [5.74, 6) is -2.88. The predicted molar refractivity (Wildman–Crippen MR) is 70.0 cm³/mol. The van der Waals surface area contributed by atoms with Crippen LogP contribution in [0, 0.1) is 17.5 Å². The van der Waals surface area contributed by atoms with E-state index in [-0.39, 0.29) is 18.2 Å². The fourth-order valence-electron chi connectivity index (χ4n) is 1.68. The number of hydrogen-bond donors (Lipinski definition) is 1. The number of benzene rings is 2. The van der Waals surface area contributed by atoms with Gasteiger partial charge in [0.1, 0.15) is 12.4 Å². The first kappa shape index (κ1) is 14.7. The van der Waals surface area contributed by atoms with Gasteiger partial charge in [-0.2, -0.15) is 0 Å². The monoisotopic (exact) mass is 301 g/mol. The van der Waals surface area contributed by atoms with Crippen molar-refractivity contribution < 1.29 is 17.9 Å². The third-order valence-corrected chi connectivity index (χ3v) is 3.12. The molecule has 0 heterocycles. The van der Waals surface area contributed by atoms with Gasteiger partial charge in [0.2, 0.25) is 0 Å². The first-order chi connectivity index (χ1) is 9.52. The van der Waals surface area contributed by atoms with Crippen LogP contribution < -0.4 is 10.5 Å². The largest absolute Gasteiger partial charge is 0.483 e. The highest BCUT2D eigenvalue weighted by Gasteiger charge is 2.14. The maximum atomic E-state index is 13.7. The predicted octanol–water partition coefficient (Wildman–Crippen LogP) is 3.80. The fraction of sp³-hybridized carbons (Fsp3) is 0.143. The Balaban J connectivity index is 2.21. The molecular formula is C14H11ClF3NO. The topological polar surface area (TPSA) is 35.2 Å². The van der Waals surface area contributed by atoms with E-state index in [9.17, 15) is 13.2 Å². The van der Waals surface area contributed by atoms with Gasteiger partial charge in [-0.1, -0.05) is 23.7 Å².